The van der Waals surface area contributed by atoms with Crippen LogP contribution in [0.5, 0.6) is 5.75 Å². The standard InChI is InChI=1S/C19H17ClN4O.C2HF3O/c1-25-16-9-13-6-5-12-3-2-4-14(7-12)23-19-21-11-17(20)18(24-19)22-15(8-13)10-16;3-2(4,5)1-6/h2-4,7-11H,5-6H2,1H3,(H2,21,22,23,24);1H. The number of hydrogen-bond donors (Lipinski definition) is 2. The second-order valence-electron chi connectivity index (χ2n) is 6.57. The maximum Gasteiger partial charge on any atom is 0.446 e. The molecule has 2 N–H and O–H groups in total. The van der Waals surface area contributed by atoms with Gasteiger partial charge in [0.05, 0.1) is 13.3 Å². The summed E-state index contributed by atoms with van der Waals surface area (Å²) >= 11 is 6.26. The summed E-state index contributed by atoms with van der Waals surface area (Å²) < 4.78 is 36.7. The number of fused-ring (bicyclic) bond motifs is 6. The lowest BCUT2D eigenvalue weighted by Crippen LogP contribution is -2.07. The van der Waals surface area contributed by atoms with E-state index in [4.69, 9.17) is 21.1 Å². The third-order valence-electron chi connectivity index (χ3n) is 4.23. The molecule has 0 amide bonds. The van der Waals surface area contributed by atoms with Crippen LogP contribution in [0.4, 0.5) is 36.3 Å². The Morgan fingerprint density at radius 2 is 1.77 bits per heavy atom. The molecule has 4 rings (SSSR count). The van der Waals surface area contributed by atoms with Gasteiger partial charge in [0, 0.05) is 17.4 Å². The van der Waals surface area contributed by atoms with Gasteiger partial charge in [-0.1, -0.05) is 23.7 Å². The Kier molecular flexibility index (Phi) is 6.96. The average molecular weight is 451 g/mol. The van der Waals surface area contributed by atoms with Crippen molar-refractivity contribution < 1.29 is 22.7 Å². The van der Waals surface area contributed by atoms with E-state index in [-0.39, 0.29) is 0 Å². The average Bonchev–Trinajstić information content (AvgIpc) is 2.74. The van der Waals surface area contributed by atoms with E-state index in [9.17, 15) is 13.2 Å². The summed E-state index contributed by atoms with van der Waals surface area (Å²) in [5.74, 6) is 1.84. The molecule has 0 fully saturated rings. The van der Waals surface area contributed by atoms with E-state index in [1.54, 1.807) is 13.3 Å². The number of nitrogens with zero attached hydrogens (tertiary/aromatic N) is 2. The SMILES string of the molecule is COc1cc2cc(c1)Nc1nc(ncc1Cl)Nc1cccc(c1)CC2.O=CC(F)(F)F. The molecule has 1 aromatic heterocycles. The molecule has 10 heteroatoms. The van der Waals surface area contributed by atoms with Crippen LogP contribution in [0.15, 0.2) is 48.7 Å². The molecule has 0 spiro atoms. The summed E-state index contributed by atoms with van der Waals surface area (Å²) in [4.78, 5) is 17.5. The molecule has 0 unspecified atom stereocenters. The van der Waals surface area contributed by atoms with Crippen LogP contribution in [-0.2, 0) is 17.6 Å². The summed E-state index contributed by atoms with van der Waals surface area (Å²) in [6.45, 7) is 0. The van der Waals surface area contributed by atoms with E-state index in [2.05, 4.69) is 44.9 Å². The third-order valence-corrected chi connectivity index (χ3v) is 4.50. The van der Waals surface area contributed by atoms with E-state index >= 15 is 0 Å². The zero-order chi connectivity index (χ0) is 22.4. The van der Waals surface area contributed by atoms with E-state index < -0.39 is 12.5 Å². The van der Waals surface area contributed by atoms with Crippen LogP contribution in [0.2, 0.25) is 5.02 Å². The molecule has 1 aliphatic rings. The first-order valence-corrected chi connectivity index (χ1v) is 9.50. The number of aromatic nitrogens is 2. The molecule has 31 heavy (non-hydrogen) atoms. The van der Waals surface area contributed by atoms with Crippen LogP contribution in [0.25, 0.3) is 0 Å². The number of ether oxygens (including phenoxy) is 1. The Bertz CT molecular complexity index is 1080. The fourth-order valence-electron chi connectivity index (χ4n) is 2.87. The lowest BCUT2D eigenvalue weighted by Gasteiger charge is -2.12. The Labute approximate surface area is 181 Å². The molecule has 162 valence electrons. The van der Waals surface area contributed by atoms with Crippen molar-refractivity contribution in [1.82, 2.24) is 9.97 Å². The number of carbonyl (C=O) groups is 1. The number of benzene rings is 2. The number of rotatable bonds is 1. The smallest absolute Gasteiger partial charge is 0.446 e. The van der Waals surface area contributed by atoms with Crippen molar-refractivity contribution in [3.05, 3.63) is 64.8 Å². The van der Waals surface area contributed by atoms with Crippen LogP contribution in [0.1, 0.15) is 11.1 Å². The third kappa shape index (κ3) is 6.58. The maximum atomic E-state index is 10.4. The van der Waals surface area contributed by atoms with Gasteiger partial charge in [-0.2, -0.15) is 18.2 Å². The van der Waals surface area contributed by atoms with E-state index in [0.717, 1.165) is 30.0 Å². The normalized spacial score (nSPS) is 12.4. The van der Waals surface area contributed by atoms with Gasteiger partial charge in [-0.15, -0.1) is 0 Å². The minimum absolute atomic E-state index is 0.457. The Hall–Kier alpha value is -3.33. The van der Waals surface area contributed by atoms with Crippen LogP contribution in [-0.4, -0.2) is 29.5 Å². The molecule has 6 nitrogen and oxygen atoms in total. The van der Waals surface area contributed by atoms with Crippen molar-refractivity contribution in [3.8, 4) is 5.75 Å². The first-order chi connectivity index (χ1) is 14.8. The van der Waals surface area contributed by atoms with Gasteiger partial charge in [0.1, 0.15) is 10.8 Å². The molecule has 1 aliphatic heterocycles. The number of anilines is 4. The van der Waals surface area contributed by atoms with Crippen LogP contribution in [0, 0.1) is 0 Å². The van der Waals surface area contributed by atoms with Crippen molar-refractivity contribution in [2.24, 2.45) is 0 Å². The fourth-order valence-corrected chi connectivity index (χ4v) is 3.01. The number of carbonyl (C=O) groups excluding carboxylic acids is 1. The minimum atomic E-state index is -4.64. The monoisotopic (exact) mass is 450 g/mol. The number of alkyl halides is 3. The molecular formula is C21H18ClF3N4O2. The number of aryl methyl sites for hydroxylation is 2. The highest BCUT2D eigenvalue weighted by Gasteiger charge is 2.24. The molecule has 2 heterocycles. The summed E-state index contributed by atoms with van der Waals surface area (Å²) in [7, 11) is 1.67. The highest BCUT2D eigenvalue weighted by molar-refractivity contribution is 6.32. The molecule has 6 bridgehead atoms. The molecule has 2 aromatic carbocycles. The zero-order valence-corrected chi connectivity index (χ0v) is 17.1. The van der Waals surface area contributed by atoms with Gasteiger partial charge < -0.3 is 15.4 Å². The maximum absolute atomic E-state index is 10.4. The van der Waals surface area contributed by atoms with Crippen molar-refractivity contribution in [1.29, 1.82) is 0 Å². The number of aldehydes is 1. The molecule has 0 atom stereocenters. The Morgan fingerprint density at radius 1 is 1.06 bits per heavy atom. The largest absolute Gasteiger partial charge is 0.497 e. The second kappa shape index (κ2) is 9.65. The molecular weight excluding hydrogens is 433 g/mol. The topological polar surface area (TPSA) is 76.1 Å². The quantitative estimate of drug-likeness (QED) is 0.479. The van der Waals surface area contributed by atoms with Gasteiger partial charge in [-0.3, -0.25) is 4.79 Å². The summed E-state index contributed by atoms with van der Waals surface area (Å²) in [6.07, 6.45) is -2.27. The van der Waals surface area contributed by atoms with E-state index in [0.29, 0.717) is 16.8 Å². The zero-order valence-electron chi connectivity index (χ0n) is 16.3. The molecule has 0 radical (unpaired) electrons. The molecule has 3 aromatic rings. The first kappa shape index (κ1) is 22.4. The van der Waals surface area contributed by atoms with Crippen LogP contribution < -0.4 is 15.4 Å². The Morgan fingerprint density at radius 3 is 2.48 bits per heavy atom. The number of nitrogens with one attached hydrogen (secondary N) is 2. The van der Waals surface area contributed by atoms with Gasteiger partial charge in [0.15, 0.2) is 5.82 Å². The number of halogens is 4. The predicted octanol–water partition coefficient (Wildman–Crippen LogP) is 5.47. The Balaban J connectivity index is 0.000000401. The summed E-state index contributed by atoms with van der Waals surface area (Å²) in [6, 6.07) is 14.3. The summed E-state index contributed by atoms with van der Waals surface area (Å²) in [5.41, 5.74) is 4.27. The van der Waals surface area contributed by atoms with Gasteiger partial charge in [0.2, 0.25) is 12.2 Å². The van der Waals surface area contributed by atoms with Crippen LogP contribution in [0.3, 0.4) is 0 Å². The fraction of sp³-hybridized carbons (Fsp3) is 0.190. The van der Waals surface area contributed by atoms with Gasteiger partial charge >= 0.3 is 6.18 Å². The lowest BCUT2D eigenvalue weighted by molar-refractivity contribution is -0.156. The van der Waals surface area contributed by atoms with Crippen molar-refractivity contribution in [2.45, 2.75) is 19.0 Å². The second-order valence-corrected chi connectivity index (χ2v) is 6.98. The molecule has 0 aliphatic carbocycles. The van der Waals surface area contributed by atoms with Gasteiger partial charge in [0.25, 0.3) is 0 Å². The van der Waals surface area contributed by atoms with Crippen molar-refractivity contribution in [2.75, 3.05) is 17.7 Å². The molecule has 0 saturated carbocycles. The van der Waals surface area contributed by atoms with Crippen LogP contribution >= 0.6 is 11.6 Å². The molecule has 0 saturated heterocycles. The van der Waals surface area contributed by atoms with Gasteiger partial charge in [-0.05, 0) is 48.2 Å². The van der Waals surface area contributed by atoms with E-state index in [1.165, 1.54) is 11.1 Å². The van der Waals surface area contributed by atoms with Gasteiger partial charge in [-0.25, -0.2) is 4.98 Å². The van der Waals surface area contributed by atoms with Crippen molar-refractivity contribution >= 4 is 41.0 Å². The summed E-state index contributed by atoms with van der Waals surface area (Å²) in [5, 5.41) is 6.96. The van der Waals surface area contributed by atoms with Crippen molar-refractivity contribution in [3.63, 3.8) is 0 Å². The minimum Gasteiger partial charge on any atom is -0.497 e. The lowest BCUT2D eigenvalue weighted by atomic mass is 10.0. The highest BCUT2D eigenvalue weighted by atomic mass is 35.5. The first-order valence-electron chi connectivity index (χ1n) is 9.12. The highest BCUT2D eigenvalue weighted by Crippen LogP contribution is 2.29. The predicted molar refractivity (Wildman–Crippen MR) is 113 cm³/mol. The van der Waals surface area contributed by atoms with E-state index in [1.807, 2.05) is 18.2 Å². The number of hydrogen-bond acceptors (Lipinski definition) is 6. The number of methoxy groups -OCH3 is 1.